The monoisotopic (exact) mass is 573 g/mol. The van der Waals surface area contributed by atoms with Gasteiger partial charge in [-0.25, -0.2) is 9.69 Å². The van der Waals surface area contributed by atoms with Crippen molar-refractivity contribution >= 4 is 28.6 Å². The molecule has 8 nitrogen and oxygen atoms in total. The Bertz CT molecular complexity index is 1100. The van der Waals surface area contributed by atoms with Gasteiger partial charge in [0.05, 0.1) is 18.8 Å². The van der Waals surface area contributed by atoms with Gasteiger partial charge in [-0.15, -0.1) is 0 Å². The van der Waals surface area contributed by atoms with Crippen LogP contribution in [0, 0.1) is 0 Å². The van der Waals surface area contributed by atoms with E-state index in [9.17, 15) is 9.59 Å². The third-order valence-corrected chi connectivity index (χ3v) is 8.18. The molecule has 214 valence electrons. The summed E-state index contributed by atoms with van der Waals surface area (Å²) in [5, 5.41) is 0. The van der Waals surface area contributed by atoms with Crippen molar-refractivity contribution in [3.63, 3.8) is 0 Å². The van der Waals surface area contributed by atoms with Gasteiger partial charge in [0.25, 0.3) is 5.91 Å². The smallest absolute Gasteiger partial charge is 0.417 e. The van der Waals surface area contributed by atoms with Crippen molar-refractivity contribution in [2.75, 3.05) is 27.4 Å². The number of imide groups is 1. The van der Waals surface area contributed by atoms with Gasteiger partial charge < -0.3 is 23.1 Å². The number of benzene rings is 2. The molecule has 1 heterocycles. The van der Waals surface area contributed by atoms with E-state index >= 15 is 0 Å². The van der Waals surface area contributed by atoms with Gasteiger partial charge in [0.15, 0.2) is 13.9 Å². The Kier molecular flexibility index (Phi) is 10.2. The van der Waals surface area contributed by atoms with Crippen molar-refractivity contribution in [3.8, 4) is 5.75 Å². The highest BCUT2D eigenvalue weighted by molar-refractivity contribution is 6.70. The van der Waals surface area contributed by atoms with Gasteiger partial charge in [-0.3, -0.25) is 4.79 Å². The first-order valence-corrected chi connectivity index (χ1v) is 20.1. The second kappa shape index (κ2) is 12.8. The van der Waals surface area contributed by atoms with Crippen LogP contribution >= 0.6 is 0 Å². The summed E-state index contributed by atoms with van der Waals surface area (Å²) in [4.78, 5) is 28.3. The Labute approximate surface area is 234 Å². The largest absolute Gasteiger partial charge is 0.544 e. The van der Waals surface area contributed by atoms with Crippen LogP contribution in [0.2, 0.25) is 39.3 Å². The molecule has 10 heteroatoms. The van der Waals surface area contributed by atoms with Gasteiger partial charge in [-0.2, -0.15) is 0 Å². The highest BCUT2D eigenvalue weighted by atomic mass is 28.4. The third kappa shape index (κ3) is 8.49. The number of methoxy groups -OCH3 is 2. The molecule has 1 saturated heterocycles. The van der Waals surface area contributed by atoms with E-state index in [1.807, 2.05) is 54.6 Å². The van der Waals surface area contributed by atoms with Gasteiger partial charge in [0.1, 0.15) is 12.4 Å². The highest BCUT2D eigenvalue weighted by Crippen LogP contribution is 2.36. The number of carbonyl (C=O) groups excluding carboxylic acids is 2. The van der Waals surface area contributed by atoms with Crippen LogP contribution in [0.1, 0.15) is 23.7 Å². The van der Waals surface area contributed by atoms with Crippen molar-refractivity contribution in [2.45, 2.75) is 69.9 Å². The molecule has 3 atom stereocenters. The molecule has 0 aliphatic carbocycles. The number of hydrogen-bond acceptors (Lipinski definition) is 7. The van der Waals surface area contributed by atoms with Crippen LogP contribution in [0.3, 0.4) is 0 Å². The molecule has 1 fully saturated rings. The highest BCUT2D eigenvalue weighted by Gasteiger charge is 2.51. The molecule has 2 aromatic rings. The summed E-state index contributed by atoms with van der Waals surface area (Å²) in [7, 11) is -0.845. The molecule has 0 N–H and O–H groups in total. The first-order chi connectivity index (χ1) is 18.3. The maximum absolute atomic E-state index is 14.2. The minimum absolute atomic E-state index is 0.0491. The molecule has 2 aromatic carbocycles. The van der Waals surface area contributed by atoms with E-state index in [-0.39, 0.29) is 19.6 Å². The molecule has 2 unspecified atom stereocenters. The molecule has 0 radical (unpaired) electrons. The lowest BCUT2D eigenvalue weighted by molar-refractivity contribution is -0.164. The molecule has 1 aliphatic rings. The topological polar surface area (TPSA) is 83.5 Å². The number of carbonyl (C=O) groups is 2. The second-order valence-corrected chi connectivity index (χ2v) is 20.8. The van der Waals surface area contributed by atoms with Crippen LogP contribution in [-0.2, 0) is 29.9 Å². The Hall–Kier alpha value is -2.51. The summed E-state index contributed by atoms with van der Waals surface area (Å²) in [6.45, 7) is 12.8. The number of amides is 2. The van der Waals surface area contributed by atoms with Crippen LogP contribution in [0.5, 0.6) is 5.75 Å². The molecular weight excluding hydrogens is 530 g/mol. The lowest BCUT2D eigenvalue weighted by atomic mass is 9.90. The Morgan fingerprint density at radius 2 is 1.64 bits per heavy atom. The fourth-order valence-electron chi connectivity index (χ4n) is 4.69. The van der Waals surface area contributed by atoms with Gasteiger partial charge in [-0.1, -0.05) is 42.5 Å². The van der Waals surface area contributed by atoms with E-state index in [2.05, 4.69) is 39.3 Å². The number of hydrogen-bond donors (Lipinski definition) is 0. The molecule has 3 rings (SSSR count). The van der Waals surface area contributed by atoms with E-state index < -0.39 is 46.4 Å². The number of rotatable bonds is 13. The first kappa shape index (κ1) is 31.0. The molecule has 0 aromatic heterocycles. The lowest BCUT2D eigenvalue weighted by Gasteiger charge is -2.38. The third-order valence-electron chi connectivity index (χ3n) is 6.34. The fraction of sp³-hybridized carbons (Fsp3) is 0.517. The SMILES string of the molecule is COCC(CC(O[Si](C)(C)C)c1ccc(O[Si](C)(C)C)cc1)(OC)C(=O)N1C(=O)OC[C@@H]1Cc1ccccc1. The van der Waals surface area contributed by atoms with E-state index in [1.54, 1.807) is 0 Å². The van der Waals surface area contributed by atoms with Crippen LogP contribution in [-0.4, -0.2) is 72.6 Å². The van der Waals surface area contributed by atoms with Crippen LogP contribution in [0.4, 0.5) is 4.79 Å². The fourth-order valence-corrected chi connectivity index (χ4v) is 6.61. The second-order valence-electron chi connectivity index (χ2n) is 11.9. The zero-order chi connectivity index (χ0) is 28.8. The number of nitrogens with zero attached hydrogens (tertiary/aromatic N) is 1. The van der Waals surface area contributed by atoms with E-state index in [0.717, 1.165) is 16.9 Å². The molecule has 2 amide bonds. The van der Waals surface area contributed by atoms with Crippen molar-refractivity contribution < 1.29 is 32.7 Å². The molecule has 39 heavy (non-hydrogen) atoms. The zero-order valence-corrected chi connectivity index (χ0v) is 26.5. The summed E-state index contributed by atoms with van der Waals surface area (Å²) in [6.07, 6.45) is -0.494. The van der Waals surface area contributed by atoms with E-state index in [0.29, 0.717) is 6.42 Å². The molecular formula is C29H43NO7Si2. The average Bonchev–Trinajstić information content (AvgIpc) is 3.21. The summed E-state index contributed by atoms with van der Waals surface area (Å²) >= 11 is 0. The van der Waals surface area contributed by atoms with Crippen LogP contribution in [0.25, 0.3) is 0 Å². The van der Waals surface area contributed by atoms with Crippen molar-refractivity contribution in [3.05, 3.63) is 65.7 Å². The minimum atomic E-state index is -2.07. The lowest BCUT2D eigenvalue weighted by Crippen LogP contribution is -2.57. The summed E-state index contributed by atoms with van der Waals surface area (Å²) in [5.74, 6) is 0.317. The predicted octanol–water partition coefficient (Wildman–Crippen LogP) is 5.80. The molecule has 1 aliphatic heterocycles. The molecule has 0 saturated carbocycles. The number of ether oxygens (including phenoxy) is 3. The van der Waals surface area contributed by atoms with E-state index in [4.69, 9.17) is 23.1 Å². The summed E-state index contributed by atoms with van der Waals surface area (Å²) in [6, 6.07) is 17.1. The van der Waals surface area contributed by atoms with Gasteiger partial charge in [0.2, 0.25) is 8.32 Å². The summed E-state index contributed by atoms with van der Waals surface area (Å²) in [5.41, 5.74) is 0.439. The van der Waals surface area contributed by atoms with Crippen molar-refractivity contribution in [1.29, 1.82) is 0 Å². The maximum atomic E-state index is 14.2. The van der Waals surface area contributed by atoms with E-state index in [1.165, 1.54) is 19.1 Å². The Balaban J connectivity index is 1.94. The molecule has 0 spiro atoms. The minimum Gasteiger partial charge on any atom is -0.544 e. The van der Waals surface area contributed by atoms with Crippen molar-refractivity contribution in [2.24, 2.45) is 0 Å². The van der Waals surface area contributed by atoms with Crippen LogP contribution in [0.15, 0.2) is 54.6 Å². The Morgan fingerprint density at radius 1 is 1.00 bits per heavy atom. The normalized spacial score (nSPS) is 18.4. The average molecular weight is 574 g/mol. The first-order valence-electron chi connectivity index (χ1n) is 13.3. The van der Waals surface area contributed by atoms with Crippen LogP contribution < -0.4 is 4.43 Å². The van der Waals surface area contributed by atoms with Gasteiger partial charge in [-0.05, 0) is 69.0 Å². The predicted molar refractivity (Wildman–Crippen MR) is 156 cm³/mol. The Morgan fingerprint density at radius 3 is 2.18 bits per heavy atom. The summed E-state index contributed by atoms with van der Waals surface area (Å²) < 4.78 is 29.6. The van der Waals surface area contributed by atoms with Crippen molar-refractivity contribution in [1.82, 2.24) is 4.90 Å². The standard InChI is InChI=1S/C29H43NO7Si2/c1-33-21-29(34-2,27(31)30-24(20-35-28(30)32)18-22-12-10-9-11-13-22)19-26(37-39(6,7)8)23-14-16-25(17-15-23)36-38(3,4)5/h9-17,24,26H,18-21H2,1-8H3/t24-,26?,29?/m0/s1. The van der Waals surface area contributed by atoms with Gasteiger partial charge >= 0.3 is 6.09 Å². The zero-order valence-electron chi connectivity index (χ0n) is 24.5. The van der Waals surface area contributed by atoms with Gasteiger partial charge in [0, 0.05) is 20.6 Å². The molecule has 0 bridgehead atoms. The quantitative estimate of drug-likeness (QED) is 0.280. The maximum Gasteiger partial charge on any atom is 0.417 e. The number of cyclic esters (lactones) is 1.